The molecule has 2 aliphatic rings. The van der Waals surface area contributed by atoms with Gasteiger partial charge in [-0.15, -0.1) is 0 Å². The maximum Gasteiger partial charge on any atom is 0.328 e. The Labute approximate surface area is 204 Å². The topological polar surface area (TPSA) is 90.3 Å². The number of phenols is 1. The van der Waals surface area contributed by atoms with Crippen molar-refractivity contribution in [3.8, 4) is 11.5 Å². The van der Waals surface area contributed by atoms with Gasteiger partial charge in [0.15, 0.2) is 0 Å². The molecule has 8 nitrogen and oxygen atoms in total. The number of rotatable bonds is 5. The molecule has 2 aliphatic heterocycles. The Morgan fingerprint density at radius 2 is 1.97 bits per heavy atom. The standard InChI is InChI=1S/C25H28N4O4.ClH/c1-25-14-19-18-13-17(33-4)8-9-20(18)26-21(19)22(15-6-5-7-16(30)12-15)29(25)24(32)28(23(25)31)11-10-27(2)3;/h5-9,12-13,22,26,30H,10-11,14H2,1-4H3;1H/t22-,25+;/m1./s1. The molecule has 9 heteroatoms. The maximum absolute atomic E-state index is 13.7. The van der Waals surface area contributed by atoms with Gasteiger partial charge in [0.05, 0.1) is 34.3 Å². The van der Waals surface area contributed by atoms with Crippen molar-refractivity contribution in [2.75, 3.05) is 34.3 Å². The van der Waals surface area contributed by atoms with Gasteiger partial charge in [-0.25, -0.2) is 4.79 Å². The van der Waals surface area contributed by atoms with Crippen LogP contribution in [0.5, 0.6) is 11.5 Å². The van der Waals surface area contributed by atoms with Crippen LogP contribution < -0.4 is 22.0 Å². The predicted octanol–water partition coefficient (Wildman–Crippen LogP) is -1.30. The Morgan fingerprint density at radius 3 is 2.65 bits per heavy atom. The van der Waals surface area contributed by atoms with Crippen molar-refractivity contribution in [3.63, 3.8) is 0 Å². The number of likely N-dealkylation sites (N-methyl/N-ethyl adjacent to an activating group) is 1. The number of hydrogen-bond acceptors (Lipinski definition) is 4. The Hall–Kier alpha value is -3.23. The molecule has 0 unspecified atom stereocenters. The third kappa shape index (κ3) is 3.49. The van der Waals surface area contributed by atoms with Crippen LogP contribution in [0.25, 0.3) is 10.9 Å². The van der Waals surface area contributed by atoms with Gasteiger partial charge >= 0.3 is 6.03 Å². The van der Waals surface area contributed by atoms with E-state index >= 15 is 0 Å². The van der Waals surface area contributed by atoms with Gasteiger partial charge in [-0.1, -0.05) is 12.1 Å². The lowest BCUT2D eigenvalue weighted by atomic mass is 9.81. The summed E-state index contributed by atoms with van der Waals surface area (Å²) < 4.78 is 5.44. The summed E-state index contributed by atoms with van der Waals surface area (Å²) in [7, 11) is 5.63. The number of fused-ring (bicyclic) bond motifs is 4. The van der Waals surface area contributed by atoms with Gasteiger partial charge in [0.1, 0.15) is 23.1 Å². The fourth-order valence-electron chi connectivity index (χ4n) is 5.19. The highest BCUT2D eigenvalue weighted by Crippen LogP contribution is 2.49. The molecule has 1 fully saturated rings. The molecular formula is C25H29ClN4O4. The lowest BCUT2D eigenvalue weighted by molar-refractivity contribution is -0.857. The fraction of sp³-hybridized carbons (Fsp3) is 0.360. The van der Waals surface area contributed by atoms with E-state index in [4.69, 9.17) is 4.74 Å². The van der Waals surface area contributed by atoms with Crippen molar-refractivity contribution < 1.29 is 36.7 Å². The number of carbonyl (C=O) groups is 2. The van der Waals surface area contributed by atoms with E-state index in [-0.39, 0.29) is 30.1 Å². The molecule has 34 heavy (non-hydrogen) atoms. The van der Waals surface area contributed by atoms with Crippen LogP contribution in [0.15, 0.2) is 42.5 Å². The number of halogens is 1. The van der Waals surface area contributed by atoms with Crippen LogP contribution in [0.3, 0.4) is 0 Å². The zero-order valence-corrected chi connectivity index (χ0v) is 20.4. The molecular weight excluding hydrogens is 456 g/mol. The molecule has 3 heterocycles. The second-order valence-corrected chi connectivity index (χ2v) is 9.44. The molecule has 1 aromatic heterocycles. The molecule has 5 rings (SSSR count). The van der Waals surface area contributed by atoms with Crippen LogP contribution >= 0.6 is 0 Å². The molecule has 3 aromatic rings. The summed E-state index contributed by atoms with van der Waals surface area (Å²) in [6.07, 6.45) is 0.403. The highest BCUT2D eigenvalue weighted by molar-refractivity contribution is 6.08. The number of hydrogen-bond donors (Lipinski definition) is 3. The van der Waals surface area contributed by atoms with E-state index < -0.39 is 11.6 Å². The molecule has 2 atom stereocenters. The van der Waals surface area contributed by atoms with E-state index in [2.05, 4.69) is 4.98 Å². The number of nitrogens with one attached hydrogen (secondary N) is 2. The molecule has 0 spiro atoms. The Balaban J connectivity index is 0.00000274. The number of quaternary nitrogens is 1. The maximum atomic E-state index is 13.7. The van der Waals surface area contributed by atoms with Gasteiger partial charge in [-0.3, -0.25) is 14.6 Å². The lowest BCUT2D eigenvalue weighted by Crippen LogP contribution is -3.06. The van der Waals surface area contributed by atoms with Crippen molar-refractivity contribution in [1.82, 2.24) is 14.8 Å². The van der Waals surface area contributed by atoms with Gasteiger partial charge in [0, 0.05) is 23.0 Å². The first-order chi connectivity index (χ1) is 15.7. The van der Waals surface area contributed by atoms with Crippen LogP contribution in [0.2, 0.25) is 0 Å². The monoisotopic (exact) mass is 484 g/mol. The van der Waals surface area contributed by atoms with Crippen molar-refractivity contribution in [2.24, 2.45) is 0 Å². The third-order valence-corrected chi connectivity index (χ3v) is 6.89. The smallest absolute Gasteiger partial charge is 0.328 e. The van der Waals surface area contributed by atoms with Crippen molar-refractivity contribution in [3.05, 3.63) is 59.3 Å². The van der Waals surface area contributed by atoms with Gasteiger partial charge < -0.3 is 32.1 Å². The molecule has 0 aliphatic carbocycles. The Morgan fingerprint density at radius 1 is 1.21 bits per heavy atom. The van der Waals surface area contributed by atoms with Gasteiger partial charge in [-0.2, -0.15) is 0 Å². The zero-order valence-electron chi connectivity index (χ0n) is 19.7. The number of amides is 3. The van der Waals surface area contributed by atoms with Gasteiger partial charge in [-0.05, 0) is 48.4 Å². The van der Waals surface area contributed by atoms with Crippen LogP contribution in [-0.2, 0) is 11.2 Å². The summed E-state index contributed by atoms with van der Waals surface area (Å²) in [4.78, 5) is 35.1. The number of H-pyrrole nitrogens is 1. The highest BCUT2D eigenvalue weighted by atomic mass is 35.5. The number of carbonyl (C=O) groups excluding carboxylic acids is 2. The van der Waals surface area contributed by atoms with E-state index in [9.17, 15) is 14.7 Å². The second-order valence-electron chi connectivity index (χ2n) is 9.44. The zero-order chi connectivity index (χ0) is 23.5. The largest absolute Gasteiger partial charge is 1.00 e. The van der Waals surface area contributed by atoms with Crippen molar-refractivity contribution >= 4 is 22.8 Å². The minimum absolute atomic E-state index is 0. The molecule has 2 aromatic carbocycles. The number of aromatic hydroxyl groups is 1. The number of ether oxygens (including phenoxy) is 1. The molecule has 0 bridgehead atoms. The molecule has 0 radical (unpaired) electrons. The number of urea groups is 1. The molecule has 3 amide bonds. The minimum atomic E-state index is -1.03. The number of benzene rings is 2. The van der Waals surface area contributed by atoms with Gasteiger partial charge in [0.2, 0.25) is 0 Å². The number of imide groups is 1. The summed E-state index contributed by atoms with van der Waals surface area (Å²) >= 11 is 0. The van der Waals surface area contributed by atoms with E-state index in [1.165, 1.54) is 9.80 Å². The Bertz CT molecular complexity index is 1270. The van der Waals surface area contributed by atoms with Crippen LogP contribution in [0.4, 0.5) is 4.79 Å². The van der Waals surface area contributed by atoms with E-state index in [1.807, 2.05) is 45.3 Å². The summed E-state index contributed by atoms with van der Waals surface area (Å²) in [6, 6.07) is 11.9. The lowest BCUT2D eigenvalue weighted by Gasteiger charge is -2.42. The normalized spacial score (nSPS) is 21.6. The van der Waals surface area contributed by atoms with Crippen LogP contribution in [-0.4, -0.2) is 71.7 Å². The number of methoxy groups -OCH3 is 1. The quantitative estimate of drug-likeness (QED) is 0.393. The molecule has 0 saturated carbocycles. The fourth-order valence-corrected chi connectivity index (χ4v) is 5.19. The van der Waals surface area contributed by atoms with Gasteiger partial charge in [0.25, 0.3) is 5.91 Å². The number of phenolic OH excluding ortho intramolecular Hbond substituents is 1. The summed E-state index contributed by atoms with van der Waals surface area (Å²) in [5.74, 6) is 0.669. The van der Waals surface area contributed by atoms with Crippen molar-refractivity contribution in [2.45, 2.75) is 24.9 Å². The average molecular weight is 485 g/mol. The summed E-state index contributed by atoms with van der Waals surface area (Å²) in [5, 5.41) is 11.2. The minimum Gasteiger partial charge on any atom is -1.00 e. The third-order valence-electron chi connectivity index (χ3n) is 6.89. The van der Waals surface area contributed by atoms with Crippen molar-refractivity contribution in [1.29, 1.82) is 0 Å². The first kappa shape index (κ1) is 23.9. The SMILES string of the molecule is COc1ccc2[nH]c3c(c2c1)C[C@@]1(C)C(=O)N(CC[NH+](C)C)C(=O)N1[C@@H]3c1cccc(O)c1.[Cl-]. The average Bonchev–Trinajstić information content (AvgIpc) is 3.22. The Kier molecular flexibility index (Phi) is 5.99. The van der Waals surface area contributed by atoms with E-state index in [0.717, 1.165) is 33.5 Å². The van der Waals surface area contributed by atoms with E-state index in [1.54, 1.807) is 30.2 Å². The first-order valence-corrected chi connectivity index (χ1v) is 11.2. The molecule has 3 N–H and O–H groups in total. The number of aromatic amines is 1. The van der Waals surface area contributed by atoms with Crippen LogP contribution in [0.1, 0.15) is 29.8 Å². The number of nitrogens with zero attached hydrogens (tertiary/aromatic N) is 2. The van der Waals surface area contributed by atoms with E-state index in [0.29, 0.717) is 19.5 Å². The predicted molar refractivity (Wildman–Crippen MR) is 124 cm³/mol. The first-order valence-electron chi connectivity index (χ1n) is 11.2. The highest BCUT2D eigenvalue weighted by Gasteiger charge is 2.60. The van der Waals surface area contributed by atoms with Crippen LogP contribution in [0, 0.1) is 0 Å². The summed E-state index contributed by atoms with van der Waals surface area (Å²) in [5.41, 5.74) is 2.51. The molecule has 1 saturated heterocycles. The second kappa shape index (κ2) is 8.52. The summed E-state index contributed by atoms with van der Waals surface area (Å²) in [6.45, 7) is 2.89. The number of aromatic nitrogens is 1. The molecule has 180 valence electrons.